The second-order valence-corrected chi connectivity index (χ2v) is 8.27. The number of hydrogen-bond acceptors (Lipinski definition) is 7. The van der Waals surface area contributed by atoms with Crippen molar-refractivity contribution in [1.29, 1.82) is 0 Å². The number of amides is 1. The van der Waals surface area contributed by atoms with Gasteiger partial charge in [0.05, 0.1) is 24.9 Å². The number of carbonyl (C=O) groups excluding carboxylic acids is 1. The lowest BCUT2D eigenvalue weighted by Crippen LogP contribution is -2.61. The lowest BCUT2D eigenvalue weighted by atomic mass is 9.88. The first-order valence-electron chi connectivity index (χ1n) is 9.47. The van der Waals surface area contributed by atoms with Crippen LogP contribution in [-0.2, 0) is 14.2 Å². The molecule has 1 aromatic rings. The van der Waals surface area contributed by atoms with E-state index < -0.39 is 5.60 Å². The van der Waals surface area contributed by atoms with Crippen LogP contribution in [-0.4, -0.2) is 78.2 Å². The first-order chi connectivity index (χ1) is 12.8. The molecular weight excluding hydrogens is 348 g/mol. The minimum absolute atomic E-state index is 0.0550. The number of carbonyl (C=O) groups is 1. The van der Waals surface area contributed by atoms with Crippen LogP contribution in [0.15, 0.2) is 18.5 Å². The molecule has 0 N–H and O–H groups in total. The Morgan fingerprint density at radius 2 is 1.96 bits per heavy atom. The number of piperidine rings is 1. The van der Waals surface area contributed by atoms with Crippen LogP contribution in [0.25, 0.3) is 0 Å². The van der Waals surface area contributed by atoms with Crippen LogP contribution < -0.4 is 4.90 Å². The largest absolute Gasteiger partial charge is 0.444 e. The molecule has 0 unspecified atom stereocenters. The number of morpholine rings is 1. The van der Waals surface area contributed by atoms with Crippen LogP contribution in [0.5, 0.6) is 0 Å². The summed E-state index contributed by atoms with van der Waals surface area (Å²) in [6.45, 7) is 8.78. The molecule has 0 aromatic carbocycles. The quantitative estimate of drug-likeness (QED) is 0.797. The third-order valence-electron chi connectivity index (χ3n) is 4.83. The van der Waals surface area contributed by atoms with Gasteiger partial charge in [-0.2, -0.15) is 0 Å². The molecule has 8 heteroatoms. The average Bonchev–Trinajstić information content (AvgIpc) is 2.61. The zero-order chi connectivity index (χ0) is 19.5. The maximum Gasteiger partial charge on any atom is 0.410 e. The Morgan fingerprint density at radius 3 is 2.56 bits per heavy atom. The van der Waals surface area contributed by atoms with Gasteiger partial charge in [-0.25, -0.2) is 14.8 Å². The maximum absolute atomic E-state index is 12.4. The summed E-state index contributed by atoms with van der Waals surface area (Å²) < 4.78 is 17.3. The Balaban J connectivity index is 1.68. The summed E-state index contributed by atoms with van der Waals surface area (Å²) in [6.07, 6.45) is 4.68. The number of anilines is 1. The van der Waals surface area contributed by atoms with E-state index in [4.69, 9.17) is 14.2 Å². The molecule has 0 aliphatic carbocycles. The molecule has 0 saturated carbocycles. The fourth-order valence-corrected chi connectivity index (χ4v) is 3.67. The molecule has 2 fully saturated rings. The summed E-state index contributed by atoms with van der Waals surface area (Å²) in [5.41, 5.74) is -0.822. The van der Waals surface area contributed by atoms with Gasteiger partial charge in [-0.1, -0.05) is 0 Å². The fraction of sp³-hybridized carbons (Fsp3) is 0.737. The third-order valence-corrected chi connectivity index (χ3v) is 4.83. The smallest absolute Gasteiger partial charge is 0.410 e. The molecule has 0 bridgehead atoms. The molecule has 8 nitrogen and oxygen atoms in total. The predicted molar refractivity (Wildman–Crippen MR) is 101 cm³/mol. The van der Waals surface area contributed by atoms with Gasteiger partial charge in [0, 0.05) is 39.1 Å². The Kier molecular flexibility index (Phi) is 5.86. The summed E-state index contributed by atoms with van der Waals surface area (Å²) in [4.78, 5) is 25.1. The van der Waals surface area contributed by atoms with Crippen molar-refractivity contribution < 1.29 is 19.0 Å². The lowest BCUT2D eigenvalue weighted by Gasteiger charge is -2.49. The Bertz CT molecular complexity index is 626. The highest BCUT2D eigenvalue weighted by Gasteiger charge is 2.44. The summed E-state index contributed by atoms with van der Waals surface area (Å²) in [5, 5.41) is 0. The zero-order valence-corrected chi connectivity index (χ0v) is 16.7. The molecule has 2 aliphatic rings. The summed E-state index contributed by atoms with van der Waals surface area (Å²) in [7, 11) is 1.68. The minimum Gasteiger partial charge on any atom is -0.444 e. The Hall–Kier alpha value is -1.93. The van der Waals surface area contributed by atoms with E-state index in [9.17, 15) is 4.79 Å². The molecule has 3 heterocycles. The number of aromatic nitrogens is 2. The number of rotatable bonds is 3. The summed E-state index contributed by atoms with van der Waals surface area (Å²) in [6, 6.07) is 1.81. The monoisotopic (exact) mass is 378 g/mol. The van der Waals surface area contributed by atoms with Crippen molar-refractivity contribution in [2.45, 2.75) is 50.9 Å². The van der Waals surface area contributed by atoms with Crippen LogP contribution in [0, 0.1) is 0 Å². The third kappa shape index (κ3) is 5.07. The molecule has 0 radical (unpaired) electrons. The van der Waals surface area contributed by atoms with E-state index >= 15 is 0 Å². The second-order valence-electron chi connectivity index (χ2n) is 8.27. The second kappa shape index (κ2) is 7.98. The van der Waals surface area contributed by atoms with E-state index in [2.05, 4.69) is 14.9 Å². The van der Waals surface area contributed by atoms with Gasteiger partial charge in [-0.3, -0.25) is 0 Å². The topological polar surface area (TPSA) is 77.0 Å². The van der Waals surface area contributed by atoms with Crippen LogP contribution in [0.3, 0.4) is 0 Å². The van der Waals surface area contributed by atoms with Crippen molar-refractivity contribution in [3.8, 4) is 0 Å². The highest BCUT2D eigenvalue weighted by atomic mass is 16.6. The number of hydrogen-bond donors (Lipinski definition) is 0. The van der Waals surface area contributed by atoms with Crippen molar-refractivity contribution in [2.75, 3.05) is 44.8 Å². The van der Waals surface area contributed by atoms with E-state index in [-0.39, 0.29) is 17.8 Å². The molecule has 1 aromatic heterocycles. The van der Waals surface area contributed by atoms with Crippen molar-refractivity contribution in [2.24, 2.45) is 0 Å². The van der Waals surface area contributed by atoms with Crippen molar-refractivity contribution >= 4 is 12.0 Å². The Labute approximate surface area is 160 Å². The van der Waals surface area contributed by atoms with Gasteiger partial charge in [0.2, 0.25) is 5.95 Å². The van der Waals surface area contributed by atoms with Crippen LogP contribution in [0.4, 0.5) is 10.7 Å². The Morgan fingerprint density at radius 1 is 1.30 bits per heavy atom. The molecule has 150 valence electrons. The predicted octanol–water partition coefficient (Wildman–Crippen LogP) is 2.10. The van der Waals surface area contributed by atoms with Gasteiger partial charge in [0.25, 0.3) is 0 Å². The molecule has 1 spiro atoms. The highest BCUT2D eigenvalue weighted by molar-refractivity contribution is 5.68. The molecule has 27 heavy (non-hydrogen) atoms. The number of ether oxygens (including phenoxy) is 3. The van der Waals surface area contributed by atoms with Gasteiger partial charge >= 0.3 is 6.09 Å². The fourth-order valence-electron chi connectivity index (χ4n) is 3.67. The van der Waals surface area contributed by atoms with Gasteiger partial charge < -0.3 is 24.0 Å². The molecule has 3 rings (SSSR count). The first-order valence-corrected chi connectivity index (χ1v) is 9.47. The van der Waals surface area contributed by atoms with E-state index in [0.717, 1.165) is 12.8 Å². The summed E-state index contributed by atoms with van der Waals surface area (Å²) >= 11 is 0. The minimum atomic E-state index is -0.488. The van der Waals surface area contributed by atoms with Crippen molar-refractivity contribution in [3.63, 3.8) is 0 Å². The summed E-state index contributed by atoms with van der Waals surface area (Å²) in [5.74, 6) is 0.704. The molecular formula is C19H30N4O4. The van der Waals surface area contributed by atoms with Gasteiger partial charge in [0.15, 0.2) is 0 Å². The maximum atomic E-state index is 12.4. The van der Waals surface area contributed by atoms with E-state index in [1.54, 1.807) is 24.4 Å². The SMILES string of the molecule is COC[C@@H]1CN(c2ncccn2)CC2(CCN(C(=O)OC(C)(C)C)CC2)O1. The van der Waals surface area contributed by atoms with Gasteiger partial charge in [-0.05, 0) is 39.7 Å². The molecule has 2 aliphatic heterocycles. The van der Waals surface area contributed by atoms with E-state index in [1.165, 1.54) is 0 Å². The molecule has 2 saturated heterocycles. The lowest BCUT2D eigenvalue weighted by molar-refractivity contribution is -0.147. The molecule has 1 amide bonds. The average molecular weight is 378 g/mol. The number of nitrogens with zero attached hydrogens (tertiary/aromatic N) is 4. The normalized spacial score (nSPS) is 22.7. The number of likely N-dealkylation sites (tertiary alicyclic amines) is 1. The van der Waals surface area contributed by atoms with Crippen LogP contribution in [0.1, 0.15) is 33.6 Å². The van der Waals surface area contributed by atoms with Crippen LogP contribution in [0.2, 0.25) is 0 Å². The van der Waals surface area contributed by atoms with Gasteiger partial charge in [-0.15, -0.1) is 0 Å². The first kappa shape index (κ1) is 19.8. The standard InChI is InChI=1S/C19H30N4O4/c1-18(2,3)27-17(24)22-10-6-19(7-11-22)14-23(12-15(26-19)13-25-4)16-20-8-5-9-21-16/h5,8-9,15H,6-7,10-14H2,1-4H3/t15-/m0/s1. The van der Waals surface area contributed by atoms with Crippen molar-refractivity contribution in [3.05, 3.63) is 18.5 Å². The van der Waals surface area contributed by atoms with Crippen molar-refractivity contribution in [1.82, 2.24) is 14.9 Å². The van der Waals surface area contributed by atoms with E-state index in [1.807, 2.05) is 26.8 Å². The van der Waals surface area contributed by atoms with E-state index in [0.29, 0.717) is 38.7 Å². The molecule has 1 atom stereocenters. The highest BCUT2D eigenvalue weighted by Crippen LogP contribution is 2.34. The zero-order valence-electron chi connectivity index (χ0n) is 16.7. The van der Waals surface area contributed by atoms with Gasteiger partial charge in [0.1, 0.15) is 5.60 Å². The number of methoxy groups -OCH3 is 1. The van der Waals surface area contributed by atoms with Crippen LogP contribution >= 0.6 is 0 Å².